The Balaban J connectivity index is 2.11. The number of methoxy groups -OCH3 is 1. The third-order valence-electron chi connectivity index (χ3n) is 4.23. The average molecular weight is 313 g/mol. The standard InChI is InChI=1S/C15H23NO4S/c1-20-8-7-16(11-6-9-21-10-11)14(17)12-4-2-3-5-13(12)15(18)19/h2-3,11-13H,4-10H2,1H3,(H,18,19)/t11?,12-,13+/m1/s1. The molecule has 0 bridgehead atoms. The second-order valence-corrected chi connectivity index (χ2v) is 6.69. The molecule has 0 aromatic carbocycles. The smallest absolute Gasteiger partial charge is 0.307 e. The number of carbonyl (C=O) groups excluding carboxylic acids is 1. The van der Waals surface area contributed by atoms with Gasteiger partial charge in [0.05, 0.1) is 18.4 Å². The molecule has 1 N–H and O–H groups in total. The van der Waals surface area contributed by atoms with Crippen molar-refractivity contribution in [1.29, 1.82) is 0 Å². The number of thioether (sulfide) groups is 1. The average Bonchev–Trinajstić information content (AvgIpc) is 3.01. The first-order valence-corrected chi connectivity index (χ1v) is 8.55. The van der Waals surface area contributed by atoms with E-state index in [1.807, 2.05) is 28.8 Å². The van der Waals surface area contributed by atoms with Gasteiger partial charge in [-0.1, -0.05) is 12.2 Å². The molecule has 0 saturated carbocycles. The Morgan fingerprint density at radius 2 is 2.05 bits per heavy atom. The van der Waals surface area contributed by atoms with Gasteiger partial charge < -0.3 is 14.7 Å². The molecule has 2 rings (SSSR count). The number of hydrogen-bond acceptors (Lipinski definition) is 4. The predicted molar refractivity (Wildman–Crippen MR) is 82.3 cm³/mol. The molecular formula is C15H23NO4S. The molecule has 1 heterocycles. The van der Waals surface area contributed by atoms with Crippen LogP contribution in [0.25, 0.3) is 0 Å². The Kier molecular flexibility index (Phi) is 6.11. The Hall–Kier alpha value is -1.01. The van der Waals surface area contributed by atoms with E-state index in [2.05, 4.69) is 0 Å². The van der Waals surface area contributed by atoms with Crippen molar-refractivity contribution in [1.82, 2.24) is 4.90 Å². The first-order chi connectivity index (χ1) is 10.1. The van der Waals surface area contributed by atoms with Crippen LogP contribution in [0.1, 0.15) is 19.3 Å². The zero-order valence-corrected chi connectivity index (χ0v) is 13.2. The van der Waals surface area contributed by atoms with Crippen molar-refractivity contribution in [2.45, 2.75) is 25.3 Å². The number of carboxylic acid groups (broad SMARTS) is 1. The van der Waals surface area contributed by atoms with Crippen molar-refractivity contribution in [2.24, 2.45) is 11.8 Å². The first kappa shape index (κ1) is 16.4. The molecule has 5 nitrogen and oxygen atoms in total. The summed E-state index contributed by atoms with van der Waals surface area (Å²) in [7, 11) is 1.62. The first-order valence-electron chi connectivity index (χ1n) is 7.40. The minimum atomic E-state index is -0.870. The molecular weight excluding hydrogens is 290 g/mol. The topological polar surface area (TPSA) is 66.8 Å². The molecule has 118 valence electrons. The lowest BCUT2D eigenvalue weighted by atomic mass is 9.82. The highest BCUT2D eigenvalue weighted by molar-refractivity contribution is 7.99. The summed E-state index contributed by atoms with van der Waals surface area (Å²) in [4.78, 5) is 26.1. The molecule has 0 aromatic heterocycles. The molecule has 0 radical (unpaired) electrons. The lowest BCUT2D eigenvalue weighted by Crippen LogP contribution is -2.48. The molecule has 1 saturated heterocycles. The fraction of sp³-hybridized carbons (Fsp3) is 0.733. The Labute approximate surface area is 129 Å². The van der Waals surface area contributed by atoms with E-state index in [4.69, 9.17) is 4.74 Å². The van der Waals surface area contributed by atoms with Gasteiger partial charge in [-0.2, -0.15) is 11.8 Å². The van der Waals surface area contributed by atoms with Crippen LogP contribution in [0, 0.1) is 11.8 Å². The van der Waals surface area contributed by atoms with Crippen molar-refractivity contribution in [3.63, 3.8) is 0 Å². The molecule has 6 heteroatoms. The van der Waals surface area contributed by atoms with Crippen molar-refractivity contribution in [3.8, 4) is 0 Å². The number of nitrogens with zero attached hydrogens (tertiary/aromatic N) is 1. The van der Waals surface area contributed by atoms with Crippen LogP contribution < -0.4 is 0 Å². The number of aliphatic carboxylic acids is 1. The molecule has 1 aliphatic carbocycles. The summed E-state index contributed by atoms with van der Waals surface area (Å²) in [5.74, 6) is 0.0856. The summed E-state index contributed by atoms with van der Waals surface area (Å²) in [6.45, 7) is 1.04. The van der Waals surface area contributed by atoms with Crippen LogP contribution in [0.2, 0.25) is 0 Å². The summed E-state index contributed by atoms with van der Waals surface area (Å²) in [6.07, 6.45) is 5.76. The number of carboxylic acids is 1. The molecule has 1 fully saturated rings. The van der Waals surface area contributed by atoms with Crippen LogP contribution in [0.4, 0.5) is 0 Å². The minimum Gasteiger partial charge on any atom is -0.481 e. The maximum atomic E-state index is 12.9. The summed E-state index contributed by atoms with van der Waals surface area (Å²) in [5, 5.41) is 9.35. The molecule has 21 heavy (non-hydrogen) atoms. The predicted octanol–water partition coefficient (Wildman–Crippen LogP) is 1.63. The van der Waals surface area contributed by atoms with Gasteiger partial charge in [0, 0.05) is 25.4 Å². The van der Waals surface area contributed by atoms with Gasteiger partial charge in [0.2, 0.25) is 5.91 Å². The van der Waals surface area contributed by atoms with Gasteiger partial charge in [-0.15, -0.1) is 0 Å². The molecule has 1 unspecified atom stereocenters. The minimum absolute atomic E-state index is 0.0173. The van der Waals surface area contributed by atoms with Crippen LogP contribution in [-0.4, -0.2) is 59.7 Å². The normalized spacial score (nSPS) is 28.5. The number of allylic oxidation sites excluding steroid dienone is 2. The zero-order chi connectivity index (χ0) is 15.2. The number of carbonyl (C=O) groups is 2. The van der Waals surface area contributed by atoms with Gasteiger partial charge in [-0.25, -0.2) is 0 Å². The number of amides is 1. The monoisotopic (exact) mass is 313 g/mol. The van der Waals surface area contributed by atoms with Crippen LogP contribution in [0.3, 0.4) is 0 Å². The largest absolute Gasteiger partial charge is 0.481 e. The van der Waals surface area contributed by atoms with Gasteiger partial charge >= 0.3 is 5.97 Å². The molecule has 0 spiro atoms. The van der Waals surface area contributed by atoms with Gasteiger partial charge in [0.1, 0.15) is 0 Å². The second-order valence-electron chi connectivity index (χ2n) is 5.54. The van der Waals surface area contributed by atoms with Gasteiger partial charge in [-0.05, 0) is 25.0 Å². The highest BCUT2D eigenvalue weighted by Crippen LogP contribution is 2.30. The number of ether oxygens (including phenoxy) is 1. The summed E-state index contributed by atoms with van der Waals surface area (Å²) >= 11 is 1.85. The highest BCUT2D eigenvalue weighted by atomic mass is 32.2. The molecule has 0 aromatic rings. The third kappa shape index (κ3) is 4.01. The number of rotatable bonds is 6. The Bertz CT molecular complexity index is 406. The summed E-state index contributed by atoms with van der Waals surface area (Å²) in [6, 6.07) is 0.220. The van der Waals surface area contributed by atoms with E-state index < -0.39 is 17.8 Å². The third-order valence-corrected chi connectivity index (χ3v) is 5.38. The lowest BCUT2D eigenvalue weighted by molar-refractivity contribution is -0.151. The van der Waals surface area contributed by atoms with Gasteiger partial charge in [-0.3, -0.25) is 9.59 Å². The van der Waals surface area contributed by atoms with Crippen LogP contribution >= 0.6 is 11.8 Å². The van der Waals surface area contributed by atoms with Crippen molar-refractivity contribution in [2.75, 3.05) is 31.8 Å². The van der Waals surface area contributed by atoms with Gasteiger partial charge in [0.25, 0.3) is 0 Å². The Morgan fingerprint density at radius 1 is 1.33 bits per heavy atom. The van der Waals surface area contributed by atoms with Crippen molar-refractivity contribution in [3.05, 3.63) is 12.2 Å². The highest BCUT2D eigenvalue weighted by Gasteiger charge is 2.38. The summed E-state index contributed by atoms with van der Waals surface area (Å²) in [5.41, 5.74) is 0. The Morgan fingerprint density at radius 3 is 2.62 bits per heavy atom. The van der Waals surface area contributed by atoms with Gasteiger partial charge in [0.15, 0.2) is 0 Å². The fourth-order valence-corrected chi connectivity index (χ4v) is 4.23. The van der Waals surface area contributed by atoms with Crippen LogP contribution in [0.5, 0.6) is 0 Å². The fourth-order valence-electron chi connectivity index (χ4n) is 3.00. The molecule has 1 amide bonds. The summed E-state index contributed by atoms with van der Waals surface area (Å²) < 4.78 is 5.11. The molecule has 1 aliphatic heterocycles. The van der Waals surface area contributed by atoms with Crippen molar-refractivity contribution < 1.29 is 19.4 Å². The van der Waals surface area contributed by atoms with E-state index in [0.29, 0.717) is 26.0 Å². The van der Waals surface area contributed by atoms with Crippen molar-refractivity contribution >= 4 is 23.6 Å². The van der Waals surface area contributed by atoms with E-state index in [0.717, 1.165) is 17.9 Å². The van der Waals surface area contributed by atoms with E-state index in [1.54, 1.807) is 7.11 Å². The maximum Gasteiger partial charge on any atom is 0.307 e. The van der Waals surface area contributed by atoms with E-state index in [9.17, 15) is 14.7 Å². The van der Waals surface area contributed by atoms with E-state index in [-0.39, 0.29) is 11.9 Å². The second kappa shape index (κ2) is 7.84. The number of hydrogen-bond donors (Lipinski definition) is 1. The van der Waals surface area contributed by atoms with E-state index >= 15 is 0 Å². The van der Waals surface area contributed by atoms with Crippen LogP contribution in [-0.2, 0) is 14.3 Å². The van der Waals surface area contributed by atoms with Crippen LogP contribution in [0.15, 0.2) is 12.2 Å². The SMILES string of the molecule is COCCN(C(=O)[C@@H]1CC=CC[C@@H]1C(=O)O)C1CCSC1. The maximum absolute atomic E-state index is 12.9. The molecule has 2 aliphatic rings. The molecule has 3 atom stereocenters. The van der Waals surface area contributed by atoms with E-state index in [1.165, 1.54) is 0 Å². The lowest BCUT2D eigenvalue weighted by Gasteiger charge is -2.34. The quantitative estimate of drug-likeness (QED) is 0.755. The zero-order valence-electron chi connectivity index (χ0n) is 12.4.